The lowest BCUT2D eigenvalue weighted by molar-refractivity contribution is -0.120. The number of nitrogens with one attached hydrogen (secondary N) is 2. The van der Waals surface area contributed by atoms with Crippen LogP contribution in [0, 0.1) is 0 Å². The summed E-state index contributed by atoms with van der Waals surface area (Å²) in [7, 11) is -3.17. The Morgan fingerprint density at radius 2 is 1.88 bits per heavy atom. The van der Waals surface area contributed by atoms with Gasteiger partial charge in [0.05, 0.1) is 11.3 Å². The highest BCUT2D eigenvalue weighted by Gasteiger charge is 2.30. The fourth-order valence-corrected chi connectivity index (χ4v) is 1.25. The summed E-state index contributed by atoms with van der Waals surface area (Å²) in [5.74, 6) is -0.179. The molecule has 0 aromatic heterocycles. The van der Waals surface area contributed by atoms with Gasteiger partial charge in [0.1, 0.15) is 0 Å². The highest BCUT2D eigenvalue weighted by Crippen LogP contribution is 2.13. The average molecular weight is 264 g/mol. The first-order valence-corrected chi connectivity index (χ1v) is 7.69. The van der Waals surface area contributed by atoms with Gasteiger partial charge in [-0.2, -0.15) is 0 Å². The van der Waals surface area contributed by atoms with Crippen LogP contribution in [-0.2, 0) is 14.6 Å². The second-order valence-electron chi connectivity index (χ2n) is 5.00. The fraction of sp³-hybridized carbons (Fsp3) is 0.909. The summed E-state index contributed by atoms with van der Waals surface area (Å²) in [6, 6.07) is 0.281. The molecule has 17 heavy (non-hydrogen) atoms. The predicted octanol–water partition coefficient (Wildman–Crippen LogP) is 0.314. The molecule has 6 heteroatoms. The molecule has 0 aliphatic heterocycles. The predicted molar refractivity (Wildman–Crippen MR) is 69.7 cm³/mol. The largest absolute Gasteiger partial charge is 0.353 e. The molecule has 0 aromatic carbocycles. The van der Waals surface area contributed by atoms with Crippen molar-refractivity contribution in [3.05, 3.63) is 0 Å². The van der Waals surface area contributed by atoms with Gasteiger partial charge < -0.3 is 10.6 Å². The number of hydrogen-bond acceptors (Lipinski definition) is 4. The number of sulfone groups is 1. The zero-order chi connectivity index (χ0) is 13.7. The van der Waals surface area contributed by atoms with E-state index in [1.807, 2.05) is 13.8 Å². The van der Waals surface area contributed by atoms with E-state index >= 15 is 0 Å². The first-order chi connectivity index (χ1) is 7.60. The van der Waals surface area contributed by atoms with Gasteiger partial charge in [0, 0.05) is 18.8 Å². The van der Waals surface area contributed by atoms with E-state index in [1.54, 1.807) is 13.8 Å². The van der Waals surface area contributed by atoms with Gasteiger partial charge in [-0.05, 0) is 27.2 Å². The molecule has 1 atom stereocenters. The van der Waals surface area contributed by atoms with Crippen molar-refractivity contribution in [2.45, 2.75) is 44.9 Å². The third-order valence-corrected chi connectivity index (χ3v) is 5.09. The van der Waals surface area contributed by atoms with Crippen molar-refractivity contribution >= 4 is 15.7 Å². The topological polar surface area (TPSA) is 75.3 Å². The Labute approximate surface area is 104 Å². The van der Waals surface area contributed by atoms with E-state index in [4.69, 9.17) is 0 Å². The quantitative estimate of drug-likeness (QED) is 0.694. The van der Waals surface area contributed by atoms with Crippen LogP contribution in [0.4, 0.5) is 0 Å². The van der Waals surface area contributed by atoms with Gasteiger partial charge in [-0.15, -0.1) is 0 Å². The number of hydrogen-bond donors (Lipinski definition) is 2. The molecule has 0 radical (unpaired) electrons. The average Bonchev–Trinajstić information content (AvgIpc) is 2.21. The Morgan fingerprint density at radius 1 is 1.35 bits per heavy atom. The minimum Gasteiger partial charge on any atom is -0.353 e. The zero-order valence-corrected chi connectivity index (χ0v) is 12.1. The number of rotatable bonds is 7. The summed E-state index contributed by atoms with van der Waals surface area (Å²) >= 11 is 0. The molecular formula is C11H24N2O3S. The highest BCUT2D eigenvalue weighted by atomic mass is 32.2. The van der Waals surface area contributed by atoms with E-state index in [1.165, 1.54) is 6.26 Å². The molecule has 0 rings (SSSR count). The van der Waals surface area contributed by atoms with E-state index in [2.05, 4.69) is 10.6 Å². The van der Waals surface area contributed by atoms with Crippen molar-refractivity contribution in [3.8, 4) is 0 Å². The fourth-order valence-electron chi connectivity index (χ4n) is 0.916. The second-order valence-corrected chi connectivity index (χ2v) is 7.65. The minimum atomic E-state index is -3.17. The first kappa shape index (κ1) is 16.4. The van der Waals surface area contributed by atoms with Crippen molar-refractivity contribution in [1.82, 2.24) is 10.6 Å². The Morgan fingerprint density at radius 3 is 2.29 bits per heavy atom. The molecule has 1 amide bonds. The van der Waals surface area contributed by atoms with Crippen LogP contribution < -0.4 is 10.6 Å². The normalized spacial score (nSPS) is 14.4. The molecule has 0 aromatic rings. The molecule has 5 nitrogen and oxygen atoms in total. The van der Waals surface area contributed by atoms with Gasteiger partial charge in [-0.1, -0.05) is 6.92 Å². The minimum absolute atomic E-state index is 0.132. The molecule has 2 N–H and O–H groups in total. The molecule has 0 fully saturated rings. The maximum absolute atomic E-state index is 11.5. The Bertz CT molecular complexity index is 350. The lowest BCUT2D eigenvalue weighted by Gasteiger charge is -2.23. The van der Waals surface area contributed by atoms with Gasteiger partial charge in [0.2, 0.25) is 5.91 Å². The van der Waals surface area contributed by atoms with Gasteiger partial charge in [0.15, 0.2) is 9.84 Å². The highest BCUT2D eigenvalue weighted by molar-refractivity contribution is 7.92. The van der Waals surface area contributed by atoms with Gasteiger partial charge >= 0.3 is 0 Å². The standard InChI is InChI=1S/C11H24N2O3S/c1-6-9(2)12-7-10(14)13-8-11(3,4)17(5,15)16/h9,12H,6-8H2,1-5H3,(H,13,14). The maximum atomic E-state index is 11.5. The lowest BCUT2D eigenvalue weighted by Crippen LogP contribution is -2.46. The van der Waals surface area contributed by atoms with Gasteiger partial charge in [0.25, 0.3) is 0 Å². The second kappa shape index (κ2) is 6.35. The molecule has 0 aliphatic rings. The van der Waals surface area contributed by atoms with Gasteiger partial charge in [-0.3, -0.25) is 4.79 Å². The molecule has 1 unspecified atom stereocenters. The summed E-state index contributed by atoms with van der Waals surface area (Å²) in [6.45, 7) is 7.58. The monoisotopic (exact) mass is 264 g/mol. The van der Waals surface area contributed by atoms with Crippen molar-refractivity contribution in [2.75, 3.05) is 19.3 Å². The molecule has 0 heterocycles. The molecular weight excluding hydrogens is 240 g/mol. The Hall–Kier alpha value is -0.620. The van der Waals surface area contributed by atoms with E-state index < -0.39 is 14.6 Å². The maximum Gasteiger partial charge on any atom is 0.234 e. The number of amides is 1. The summed E-state index contributed by atoms with van der Waals surface area (Å²) < 4.78 is 21.9. The smallest absolute Gasteiger partial charge is 0.234 e. The first-order valence-electron chi connectivity index (χ1n) is 5.80. The van der Waals surface area contributed by atoms with Crippen molar-refractivity contribution < 1.29 is 13.2 Å². The van der Waals surface area contributed by atoms with Crippen LogP contribution in [0.2, 0.25) is 0 Å². The van der Waals surface area contributed by atoms with Gasteiger partial charge in [-0.25, -0.2) is 8.42 Å². The van der Waals surface area contributed by atoms with Crippen molar-refractivity contribution in [3.63, 3.8) is 0 Å². The lowest BCUT2D eigenvalue weighted by atomic mass is 10.2. The Kier molecular flexibility index (Phi) is 6.12. The van der Waals surface area contributed by atoms with Crippen LogP contribution in [0.15, 0.2) is 0 Å². The molecule has 0 bridgehead atoms. The van der Waals surface area contributed by atoms with Crippen LogP contribution in [0.3, 0.4) is 0 Å². The number of carbonyl (C=O) groups excluding carboxylic acids is 1. The van der Waals surface area contributed by atoms with Crippen LogP contribution >= 0.6 is 0 Å². The summed E-state index contributed by atoms with van der Waals surface area (Å²) in [5.41, 5.74) is 0. The summed E-state index contributed by atoms with van der Waals surface area (Å²) in [4.78, 5) is 11.5. The van der Waals surface area contributed by atoms with E-state index in [9.17, 15) is 13.2 Å². The zero-order valence-electron chi connectivity index (χ0n) is 11.3. The Balaban J connectivity index is 4.09. The van der Waals surface area contributed by atoms with Crippen molar-refractivity contribution in [1.29, 1.82) is 0 Å². The van der Waals surface area contributed by atoms with Crippen LogP contribution in [0.5, 0.6) is 0 Å². The third kappa shape index (κ3) is 6.02. The van der Waals surface area contributed by atoms with Crippen LogP contribution in [0.25, 0.3) is 0 Å². The molecule has 102 valence electrons. The van der Waals surface area contributed by atoms with Crippen molar-refractivity contribution in [2.24, 2.45) is 0 Å². The third-order valence-electron chi connectivity index (χ3n) is 2.94. The SMILES string of the molecule is CCC(C)NCC(=O)NCC(C)(C)S(C)(=O)=O. The van der Waals surface area contributed by atoms with Crippen LogP contribution in [-0.4, -0.2) is 44.5 Å². The molecule has 0 saturated heterocycles. The number of carbonyl (C=O) groups is 1. The van der Waals surface area contributed by atoms with E-state index in [0.29, 0.717) is 0 Å². The molecule has 0 spiro atoms. The van der Waals surface area contributed by atoms with E-state index in [0.717, 1.165) is 6.42 Å². The summed E-state index contributed by atoms with van der Waals surface area (Å²) in [6.07, 6.45) is 2.12. The van der Waals surface area contributed by atoms with Crippen LogP contribution in [0.1, 0.15) is 34.1 Å². The molecule has 0 saturated carbocycles. The molecule has 0 aliphatic carbocycles. The van der Waals surface area contributed by atoms with E-state index in [-0.39, 0.29) is 25.0 Å². The summed E-state index contributed by atoms with van der Waals surface area (Å²) in [5, 5.41) is 5.67.